The van der Waals surface area contributed by atoms with E-state index in [1.54, 1.807) is 12.1 Å². The minimum atomic E-state index is -0.0872. The summed E-state index contributed by atoms with van der Waals surface area (Å²) in [5, 5.41) is 21.8. The van der Waals surface area contributed by atoms with Crippen LogP contribution in [0.1, 0.15) is 84.7 Å². The summed E-state index contributed by atoms with van der Waals surface area (Å²) < 4.78 is 0. The molecule has 0 fully saturated rings. The molecule has 0 saturated heterocycles. The average molecular weight is 451 g/mol. The molecule has 0 aromatic heterocycles. The molecule has 2 unspecified atom stereocenters. The first-order chi connectivity index (χ1) is 16.5. The third-order valence-electron chi connectivity index (χ3n) is 7.03. The van der Waals surface area contributed by atoms with Crippen molar-refractivity contribution in [3.63, 3.8) is 0 Å². The van der Waals surface area contributed by atoms with Crippen molar-refractivity contribution < 1.29 is 10.2 Å². The molecule has 2 nitrogen and oxygen atoms in total. The van der Waals surface area contributed by atoms with E-state index in [-0.39, 0.29) is 29.3 Å². The van der Waals surface area contributed by atoms with Crippen LogP contribution in [0, 0.1) is 0 Å². The molecular formula is C32H34O2. The summed E-state index contributed by atoms with van der Waals surface area (Å²) in [4.78, 5) is 0. The zero-order valence-electron chi connectivity index (χ0n) is 20.3. The molecule has 34 heavy (non-hydrogen) atoms. The highest BCUT2D eigenvalue weighted by atomic mass is 16.3. The Morgan fingerprint density at radius 2 is 0.971 bits per heavy atom. The fourth-order valence-corrected chi connectivity index (χ4v) is 4.88. The molecular weight excluding hydrogens is 416 g/mol. The van der Waals surface area contributed by atoms with Crippen molar-refractivity contribution in [2.75, 3.05) is 0 Å². The minimum Gasteiger partial charge on any atom is -0.508 e. The molecule has 2 atom stereocenters. The van der Waals surface area contributed by atoms with Crippen molar-refractivity contribution in [1.29, 1.82) is 0 Å². The second-order valence-electron chi connectivity index (χ2n) is 9.24. The Kier molecular flexibility index (Phi) is 7.37. The van der Waals surface area contributed by atoms with Gasteiger partial charge < -0.3 is 10.2 Å². The van der Waals surface area contributed by atoms with Gasteiger partial charge in [-0.15, -0.1) is 0 Å². The first-order valence-corrected chi connectivity index (χ1v) is 12.2. The molecule has 4 rings (SSSR count). The van der Waals surface area contributed by atoms with Gasteiger partial charge in [0.1, 0.15) is 11.5 Å². The Labute approximate surface area is 203 Å². The van der Waals surface area contributed by atoms with Gasteiger partial charge in [0.25, 0.3) is 0 Å². The molecule has 0 bridgehead atoms. The molecule has 0 aliphatic rings. The molecule has 0 spiro atoms. The highest BCUT2D eigenvalue weighted by molar-refractivity contribution is 5.51. The Bertz CT molecular complexity index is 1120. The number of aromatic hydroxyl groups is 2. The minimum absolute atomic E-state index is 0.0872. The van der Waals surface area contributed by atoms with E-state index in [2.05, 4.69) is 81.4 Å². The van der Waals surface area contributed by atoms with E-state index in [1.165, 1.54) is 11.1 Å². The van der Waals surface area contributed by atoms with Gasteiger partial charge in [0, 0.05) is 28.9 Å². The van der Waals surface area contributed by atoms with E-state index < -0.39 is 0 Å². The maximum absolute atomic E-state index is 10.9. The van der Waals surface area contributed by atoms with Gasteiger partial charge in [-0.25, -0.2) is 0 Å². The molecule has 4 aromatic carbocycles. The summed E-state index contributed by atoms with van der Waals surface area (Å²) in [6.07, 6.45) is 1.79. The Balaban J connectivity index is 1.75. The highest BCUT2D eigenvalue weighted by Gasteiger charge is 2.23. The van der Waals surface area contributed by atoms with Gasteiger partial charge in [0.15, 0.2) is 0 Å². The van der Waals surface area contributed by atoms with Crippen molar-refractivity contribution in [3.05, 3.63) is 130 Å². The Morgan fingerprint density at radius 1 is 0.559 bits per heavy atom. The van der Waals surface area contributed by atoms with E-state index in [1.807, 2.05) is 24.3 Å². The van der Waals surface area contributed by atoms with Crippen LogP contribution in [0.3, 0.4) is 0 Å². The van der Waals surface area contributed by atoms with Gasteiger partial charge in [0.05, 0.1) is 0 Å². The monoisotopic (exact) mass is 450 g/mol. The number of hydrogen-bond acceptors (Lipinski definition) is 2. The van der Waals surface area contributed by atoms with Crippen LogP contribution in [0.5, 0.6) is 11.5 Å². The Morgan fingerprint density at radius 3 is 1.35 bits per heavy atom. The van der Waals surface area contributed by atoms with Crippen LogP contribution in [0.4, 0.5) is 0 Å². The molecule has 0 aliphatic heterocycles. The van der Waals surface area contributed by atoms with Crippen LogP contribution in [0.15, 0.2) is 97.1 Å². The number of hydrogen-bond donors (Lipinski definition) is 2. The molecule has 2 N–H and O–H groups in total. The van der Waals surface area contributed by atoms with Gasteiger partial charge in [0.2, 0.25) is 0 Å². The van der Waals surface area contributed by atoms with E-state index in [9.17, 15) is 10.2 Å². The average Bonchev–Trinajstić information content (AvgIpc) is 2.88. The summed E-state index contributed by atoms with van der Waals surface area (Å²) in [6.45, 7) is 6.54. The normalized spacial score (nSPS) is 13.9. The summed E-state index contributed by atoms with van der Waals surface area (Å²) in [5.74, 6) is 0.893. The number of rotatable bonds is 8. The smallest absolute Gasteiger partial charge is 0.119 e. The molecule has 0 heterocycles. The first-order valence-electron chi connectivity index (χ1n) is 12.2. The SMILES string of the molecule is CCCC(c1cc(C(C)c2ccccc2)ccc1O)c1cc(C(C)c2ccccc2)ccc1O. The van der Waals surface area contributed by atoms with Crippen LogP contribution in [0.25, 0.3) is 0 Å². The van der Waals surface area contributed by atoms with E-state index in [0.29, 0.717) is 0 Å². The highest BCUT2D eigenvalue weighted by Crippen LogP contribution is 2.42. The molecule has 2 heteroatoms. The van der Waals surface area contributed by atoms with Crippen LogP contribution < -0.4 is 0 Å². The molecule has 174 valence electrons. The molecule has 0 radical (unpaired) electrons. The number of benzene rings is 4. The summed E-state index contributed by atoms with van der Waals surface area (Å²) >= 11 is 0. The molecule has 0 amide bonds. The lowest BCUT2D eigenvalue weighted by atomic mass is 9.82. The number of phenolic OH excluding ortho intramolecular Hbond substituents is 2. The molecule has 0 aliphatic carbocycles. The van der Waals surface area contributed by atoms with Gasteiger partial charge in [-0.3, -0.25) is 0 Å². The quantitative estimate of drug-likeness (QED) is 0.283. The van der Waals surface area contributed by atoms with E-state index in [4.69, 9.17) is 0 Å². The maximum atomic E-state index is 10.9. The Hall–Kier alpha value is -3.52. The lowest BCUT2D eigenvalue weighted by Crippen LogP contribution is -2.06. The van der Waals surface area contributed by atoms with Crippen LogP contribution in [0.2, 0.25) is 0 Å². The molecule has 4 aromatic rings. The van der Waals surface area contributed by atoms with Gasteiger partial charge in [-0.2, -0.15) is 0 Å². The van der Waals surface area contributed by atoms with E-state index >= 15 is 0 Å². The predicted octanol–water partition coefficient (Wildman–Crippen LogP) is 8.33. The third-order valence-corrected chi connectivity index (χ3v) is 7.03. The number of phenols is 2. The summed E-state index contributed by atoms with van der Waals surface area (Å²) in [5.41, 5.74) is 6.56. The van der Waals surface area contributed by atoms with Gasteiger partial charge >= 0.3 is 0 Å². The van der Waals surface area contributed by atoms with Crippen molar-refractivity contribution in [2.24, 2.45) is 0 Å². The maximum Gasteiger partial charge on any atom is 0.119 e. The second-order valence-corrected chi connectivity index (χ2v) is 9.24. The summed E-state index contributed by atoms with van der Waals surface area (Å²) in [7, 11) is 0. The zero-order chi connectivity index (χ0) is 24.1. The topological polar surface area (TPSA) is 40.5 Å². The standard InChI is InChI=1S/C32H34O2/c1-4-11-28(29-20-26(16-18-31(29)33)22(2)24-12-7-5-8-13-24)30-21-27(17-19-32(30)34)23(3)25-14-9-6-10-15-25/h5-10,12-23,28,33-34H,4,11H2,1-3H3. The van der Waals surface area contributed by atoms with Crippen LogP contribution in [-0.2, 0) is 0 Å². The van der Waals surface area contributed by atoms with Gasteiger partial charge in [-0.1, -0.05) is 112 Å². The third kappa shape index (κ3) is 5.02. The van der Waals surface area contributed by atoms with Gasteiger partial charge in [-0.05, 0) is 40.8 Å². The van der Waals surface area contributed by atoms with E-state index in [0.717, 1.165) is 35.1 Å². The van der Waals surface area contributed by atoms with Crippen molar-refractivity contribution in [1.82, 2.24) is 0 Å². The van der Waals surface area contributed by atoms with Crippen molar-refractivity contribution >= 4 is 0 Å². The van der Waals surface area contributed by atoms with Crippen LogP contribution >= 0.6 is 0 Å². The van der Waals surface area contributed by atoms with Crippen molar-refractivity contribution in [3.8, 4) is 11.5 Å². The molecule has 0 saturated carbocycles. The fraction of sp³-hybridized carbons (Fsp3) is 0.250. The second kappa shape index (κ2) is 10.6. The van der Waals surface area contributed by atoms with Crippen molar-refractivity contribution in [2.45, 2.75) is 51.4 Å². The predicted molar refractivity (Wildman–Crippen MR) is 141 cm³/mol. The lowest BCUT2D eigenvalue weighted by Gasteiger charge is -2.23. The lowest BCUT2D eigenvalue weighted by molar-refractivity contribution is 0.450. The summed E-state index contributed by atoms with van der Waals surface area (Å²) in [6, 6.07) is 32.7. The van der Waals surface area contributed by atoms with Crippen LogP contribution in [-0.4, -0.2) is 10.2 Å². The zero-order valence-corrected chi connectivity index (χ0v) is 20.3. The fourth-order valence-electron chi connectivity index (χ4n) is 4.88. The largest absolute Gasteiger partial charge is 0.508 e. The first kappa shape index (κ1) is 23.6.